The predicted octanol–water partition coefficient (Wildman–Crippen LogP) is 7.59. The summed E-state index contributed by atoms with van der Waals surface area (Å²) in [5.41, 5.74) is 3.58. The number of nitrogens with one attached hydrogen (secondary N) is 1. The Balaban J connectivity index is 1.62. The largest absolute Gasteiger partial charge is 0.489 e. The number of aryl methyl sites for hydroxylation is 1. The monoisotopic (exact) mass is 509 g/mol. The van der Waals surface area contributed by atoms with Gasteiger partial charge in [0.1, 0.15) is 12.4 Å². The van der Waals surface area contributed by atoms with Gasteiger partial charge in [-0.05, 0) is 70.8 Å². The summed E-state index contributed by atoms with van der Waals surface area (Å²) in [7, 11) is 0. The molecule has 0 saturated heterocycles. The van der Waals surface area contributed by atoms with Crippen molar-refractivity contribution in [1.29, 1.82) is 0 Å². The fourth-order valence-electron chi connectivity index (χ4n) is 4.78. The Labute approximate surface area is 224 Å². The Kier molecular flexibility index (Phi) is 9.15. The number of carbonyl (C=O) groups excluding carboxylic acids is 1. The molecule has 2 N–H and O–H groups in total. The van der Waals surface area contributed by atoms with Crippen LogP contribution in [0.15, 0.2) is 91.0 Å². The molecule has 4 aromatic rings. The molecule has 5 heteroatoms. The lowest BCUT2D eigenvalue weighted by atomic mass is 9.86. The molecule has 0 bridgehead atoms. The van der Waals surface area contributed by atoms with Crippen LogP contribution < -0.4 is 10.1 Å². The number of amides is 1. The fourth-order valence-corrected chi connectivity index (χ4v) is 4.78. The Morgan fingerprint density at radius 3 is 2.39 bits per heavy atom. The zero-order chi connectivity index (χ0) is 26.9. The fraction of sp³-hybridized carbons (Fsp3) is 0.273. The number of hydrogen-bond donors (Lipinski definition) is 2. The van der Waals surface area contributed by atoms with Gasteiger partial charge in [0, 0.05) is 12.1 Å². The van der Waals surface area contributed by atoms with E-state index in [-0.39, 0.29) is 18.2 Å². The van der Waals surface area contributed by atoms with E-state index in [1.807, 2.05) is 72.8 Å². The third-order valence-corrected chi connectivity index (χ3v) is 6.64. The van der Waals surface area contributed by atoms with E-state index in [9.17, 15) is 9.59 Å². The molecule has 5 nitrogen and oxygen atoms in total. The number of carbonyl (C=O) groups is 2. The van der Waals surface area contributed by atoms with Crippen LogP contribution in [0.5, 0.6) is 5.75 Å². The molecule has 0 aromatic heterocycles. The summed E-state index contributed by atoms with van der Waals surface area (Å²) in [4.78, 5) is 25.0. The van der Waals surface area contributed by atoms with Crippen molar-refractivity contribution in [2.75, 3.05) is 5.32 Å². The molecule has 1 amide bonds. The van der Waals surface area contributed by atoms with Crippen molar-refractivity contribution in [3.63, 3.8) is 0 Å². The molecule has 0 aliphatic rings. The number of rotatable bonds is 12. The molecular formula is C33H35NO4. The highest BCUT2D eigenvalue weighted by molar-refractivity contribution is 6.00. The van der Waals surface area contributed by atoms with Gasteiger partial charge in [-0.15, -0.1) is 0 Å². The molecule has 4 rings (SSSR count). The Bertz CT molecular complexity index is 1380. The van der Waals surface area contributed by atoms with Crippen LogP contribution in [0, 0.1) is 5.92 Å². The van der Waals surface area contributed by atoms with Crippen LogP contribution in [-0.2, 0) is 22.6 Å². The molecule has 0 heterocycles. The van der Waals surface area contributed by atoms with Gasteiger partial charge < -0.3 is 15.2 Å². The number of carboxylic acids is 1. The summed E-state index contributed by atoms with van der Waals surface area (Å²) in [5, 5.41) is 14.5. The third-order valence-electron chi connectivity index (χ3n) is 6.64. The number of carboxylic acid groups (broad SMARTS) is 1. The van der Waals surface area contributed by atoms with E-state index in [0.717, 1.165) is 33.2 Å². The van der Waals surface area contributed by atoms with Gasteiger partial charge in [0.25, 0.3) is 0 Å². The van der Waals surface area contributed by atoms with E-state index >= 15 is 0 Å². The molecular weight excluding hydrogens is 474 g/mol. The van der Waals surface area contributed by atoms with Crippen molar-refractivity contribution in [1.82, 2.24) is 0 Å². The highest BCUT2D eigenvalue weighted by Crippen LogP contribution is 2.32. The van der Waals surface area contributed by atoms with Crippen molar-refractivity contribution in [3.05, 3.63) is 108 Å². The van der Waals surface area contributed by atoms with Crippen LogP contribution in [0.3, 0.4) is 0 Å². The quantitative estimate of drug-likeness (QED) is 0.206. The van der Waals surface area contributed by atoms with E-state index in [2.05, 4.69) is 37.4 Å². The zero-order valence-corrected chi connectivity index (χ0v) is 22.0. The number of hydrogen-bond acceptors (Lipinski definition) is 3. The molecule has 0 saturated carbocycles. The first-order valence-corrected chi connectivity index (χ1v) is 13.2. The van der Waals surface area contributed by atoms with Crippen molar-refractivity contribution in [2.24, 2.45) is 5.92 Å². The molecule has 196 valence electrons. The lowest BCUT2D eigenvalue weighted by molar-refractivity contribution is -0.137. The van der Waals surface area contributed by atoms with Gasteiger partial charge in [0.2, 0.25) is 5.91 Å². The summed E-state index contributed by atoms with van der Waals surface area (Å²) in [6, 6.07) is 29.8. The average molecular weight is 510 g/mol. The van der Waals surface area contributed by atoms with E-state index in [4.69, 9.17) is 9.84 Å². The third kappa shape index (κ3) is 7.22. The van der Waals surface area contributed by atoms with Gasteiger partial charge in [-0.3, -0.25) is 9.59 Å². The molecule has 1 atom stereocenters. The van der Waals surface area contributed by atoms with Gasteiger partial charge >= 0.3 is 5.97 Å². The first-order valence-electron chi connectivity index (χ1n) is 13.2. The predicted molar refractivity (Wildman–Crippen MR) is 153 cm³/mol. The van der Waals surface area contributed by atoms with Gasteiger partial charge in [-0.2, -0.15) is 0 Å². The molecule has 0 radical (unpaired) electrons. The second kappa shape index (κ2) is 12.9. The second-order valence-corrected chi connectivity index (χ2v) is 10.1. The maximum absolute atomic E-state index is 13.9. The minimum Gasteiger partial charge on any atom is -0.489 e. The lowest BCUT2D eigenvalue weighted by Gasteiger charge is -2.22. The minimum absolute atomic E-state index is 0.0596. The summed E-state index contributed by atoms with van der Waals surface area (Å²) >= 11 is 0. The first kappa shape index (κ1) is 26.9. The van der Waals surface area contributed by atoms with Gasteiger partial charge in [0.15, 0.2) is 0 Å². The topological polar surface area (TPSA) is 75.6 Å². The smallest absolute Gasteiger partial charge is 0.303 e. The van der Waals surface area contributed by atoms with E-state index in [0.29, 0.717) is 37.5 Å². The summed E-state index contributed by atoms with van der Waals surface area (Å²) < 4.78 is 5.93. The van der Waals surface area contributed by atoms with Crippen molar-refractivity contribution in [3.8, 4) is 5.75 Å². The Morgan fingerprint density at radius 1 is 0.895 bits per heavy atom. The zero-order valence-electron chi connectivity index (χ0n) is 22.0. The summed E-state index contributed by atoms with van der Waals surface area (Å²) in [6.07, 6.45) is 1.85. The van der Waals surface area contributed by atoms with Crippen LogP contribution in [0.2, 0.25) is 0 Å². The van der Waals surface area contributed by atoms with Crippen molar-refractivity contribution < 1.29 is 19.4 Å². The molecule has 0 fully saturated rings. The standard InChI is InChI=1S/C33H35NO4/c1-23(2)20-30(29-16-8-11-25-10-6-7-15-28(25)29)33(37)34-31-21-24(22-38-27-13-4-3-5-14-27)18-19-26(31)12-9-17-32(35)36/h3-8,10-11,13-16,18-19,21,23,30H,9,12,17,20,22H2,1-2H3,(H,34,37)(H,35,36). The molecule has 4 aromatic carbocycles. The maximum atomic E-state index is 13.9. The van der Waals surface area contributed by atoms with Gasteiger partial charge in [-0.25, -0.2) is 0 Å². The van der Waals surface area contributed by atoms with Crippen LogP contribution in [0.4, 0.5) is 5.69 Å². The van der Waals surface area contributed by atoms with Gasteiger partial charge in [-0.1, -0.05) is 86.6 Å². The van der Waals surface area contributed by atoms with Crippen LogP contribution in [0.1, 0.15) is 55.7 Å². The first-order chi connectivity index (χ1) is 18.4. The lowest BCUT2D eigenvalue weighted by Crippen LogP contribution is -2.23. The molecule has 38 heavy (non-hydrogen) atoms. The van der Waals surface area contributed by atoms with Crippen LogP contribution >= 0.6 is 0 Å². The molecule has 0 aliphatic carbocycles. The van der Waals surface area contributed by atoms with E-state index < -0.39 is 5.97 Å². The van der Waals surface area contributed by atoms with Crippen LogP contribution in [-0.4, -0.2) is 17.0 Å². The van der Waals surface area contributed by atoms with Gasteiger partial charge in [0.05, 0.1) is 5.92 Å². The van der Waals surface area contributed by atoms with E-state index in [1.54, 1.807) is 0 Å². The van der Waals surface area contributed by atoms with Crippen molar-refractivity contribution in [2.45, 2.75) is 52.1 Å². The van der Waals surface area contributed by atoms with E-state index in [1.165, 1.54) is 0 Å². The maximum Gasteiger partial charge on any atom is 0.303 e. The number of fused-ring (bicyclic) bond motifs is 1. The molecule has 0 spiro atoms. The number of anilines is 1. The normalized spacial score (nSPS) is 11.9. The molecule has 1 unspecified atom stereocenters. The molecule has 0 aliphatic heterocycles. The number of benzene rings is 4. The SMILES string of the molecule is CC(C)CC(C(=O)Nc1cc(COc2ccccc2)ccc1CCCC(=O)O)c1cccc2ccccc12. The number of para-hydroxylation sites is 1. The minimum atomic E-state index is -0.823. The Hall–Kier alpha value is -4.12. The number of ether oxygens (including phenoxy) is 1. The Morgan fingerprint density at radius 2 is 1.63 bits per heavy atom. The summed E-state index contributed by atoms with van der Waals surface area (Å²) in [6.45, 7) is 4.62. The van der Waals surface area contributed by atoms with Crippen LogP contribution in [0.25, 0.3) is 10.8 Å². The average Bonchev–Trinajstić information content (AvgIpc) is 2.91. The number of aliphatic carboxylic acids is 1. The highest BCUT2D eigenvalue weighted by Gasteiger charge is 2.24. The second-order valence-electron chi connectivity index (χ2n) is 10.1. The highest BCUT2D eigenvalue weighted by atomic mass is 16.5. The van der Waals surface area contributed by atoms with Crippen molar-refractivity contribution >= 4 is 28.3 Å². The summed E-state index contributed by atoms with van der Waals surface area (Å²) in [5.74, 6) is -0.105.